The van der Waals surface area contributed by atoms with Crippen molar-refractivity contribution >= 4 is 23.4 Å². The maximum atomic E-state index is 12.7. The summed E-state index contributed by atoms with van der Waals surface area (Å²) in [4.78, 5) is 26.6. The molecular weight excluding hydrogens is 338 g/mol. The number of primary amides is 1. The zero-order valence-corrected chi connectivity index (χ0v) is 14.7. The molecule has 1 aliphatic rings. The van der Waals surface area contributed by atoms with Crippen LogP contribution in [0, 0.1) is 5.92 Å². The lowest BCUT2D eigenvalue weighted by Crippen LogP contribution is -2.34. The smallest absolute Gasteiger partial charge is 0.265 e. The number of carbonyl (C=O) groups excluding carboxylic acids is 2. The van der Waals surface area contributed by atoms with Crippen molar-refractivity contribution < 1.29 is 9.59 Å². The van der Waals surface area contributed by atoms with Gasteiger partial charge in [-0.2, -0.15) is 0 Å². The van der Waals surface area contributed by atoms with Crippen molar-refractivity contribution in [2.75, 3.05) is 0 Å². The van der Waals surface area contributed by atoms with Crippen molar-refractivity contribution in [3.05, 3.63) is 58.4 Å². The van der Waals surface area contributed by atoms with Gasteiger partial charge in [0.15, 0.2) is 0 Å². The van der Waals surface area contributed by atoms with Gasteiger partial charge in [-0.1, -0.05) is 43.0 Å². The molecule has 6 heteroatoms. The molecule has 1 heterocycles. The Morgan fingerprint density at radius 3 is 2.60 bits per heavy atom. The van der Waals surface area contributed by atoms with Gasteiger partial charge in [-0.05, 0) is 42.5 Å². The van der Waals surface area contributed by atoms with E-state index in [0.717, 1.165) is 18.4 Å². The summed E-state index contributed by atoms with van der Waals surface area (Å²) in [5.74, 6) is -0.428. The van der Waals surface area contributed by atoms with Gasteiger partial charge in [-0.3, -0.25) is 9.59 Å². The van der Waals surface area contributed by atoms with Crippen LogP contribution in [0.1, 0.15) is 64.6 Å². The van der Waals surface area contributed by atoms with Gasteiger partial charge in [0.25, 0.3) is 11.8 Å². The second kappa shape index (κ2) is 7.74. The summed E-state index contributed by atoms with van der Waals surface area (Å²) in [7, 11) is 0. The van der Waals surface area contributed by atoms with Gasteiger partial charge in [0.2, 0.25) is 0 Å². The first-order valence-corrected chi connectivity index (χ1v) is 8.97. The number of amides is 2. The minimum absolute atomic E-state index is 0.0987. The molecule has 2 aromatic rings. The van der Waals surface area contributed by atoms with Crippen LogP contribution < -0.4 is 11.1 Å². The van der Waals surface area contributed by atoms with Gasteiger partial charge in [0, 0.05) is 11.2 Å². The van der Waals surface area contributed by atoms with Crippen molar-refractivity contribution in [2.24, 2.45) is 11.7 Å². The number of hydrogen-bond acceptors (Lipinski definition) is 2. The van der Waals surface area contributed by atoms with Crippen molar-refractivity contribution in [3.63, 3.8) is 0 Å². The van der Waals surface area contributed by atoms with E-state index in [-0.39, 0.29) is 17.6 Å². The standard InChI is InChI=1S/C19H22ClN3O2/c20-15-8-4-7-13(9-15)17(12-5-2-1-3-6-12)23-19(25)14-10-16(18(21)24)22-11-14/h4,7-12,17,22H,1-3,5-6H2,(H2,21,24)(H,23,25). The van der Waals surface area contributed by atoms with E-state index in [2.05, 4.69) is 10.3 Å². The van der Waals surface area contributed by atoms with Crippen LogP contribution in [0.2, 0.25) is 5.02 Å². The largest absolute Gasteiger partial charge is 0.364 e. The van der Waals surface area contributed by atoms with E-state index in [1.807, 2.05) is 24.3 Å². The fourth-order valence-electron chi connectivity index (χ4n) is 3.53. The Kier molecular flexibility index (Phi) is 5.43. The third-order valence-electron chi connectivity index (χ3n) is 4.83. The van der Waals surface area contributed by atoms with Crippen molar-refractivity contribution in [2.45, 2.75) is 38.1 Å². The lowest BCUT2D eigenvalue weighted by Gasteiger charge is -2.31. The SMILES string of the molecule is NC(=O)c1cc(C(=O)NC(c2cccc(Cl)c2)C2CCCCC2)c[nH]1. The van der Waals surface area contributed by atoms with E-state index in [9.17, 15) is 9.59 Å². The van der Waals surface area contributed by atoms with Crippen molar-refractivity contribution in [1.82, 2.24) is 10.3 Å². The molecule has 3 rings (SSSR count). The first kappa shape index (κ1) is 17.5. The lowest BCUT2D eigenvalue weighted by atomic mass is 9.81. The summed E-state index contributed by atoms with van der Waals surface area (Å²) in [6.07, 6.45) is 7.26. The van der Waals surface area contributed by atoms with Crippen LogP contribution in [0.4, 0.5) is 0 Å². The van der Waals surface area contributed by atoms with E-state index < -0.39 is 5.91 Å². The third kappa shape index (κ3) is 4.23. The molecule has 4 N–H and O–H groups in total. The minimum atomic E-state index is -0.585. The topological polar surface area (TPSA) is 88.0 Å². The molecule has 1 saturated carbocycles. The molecule has 132 valence electrons. The normalized spacial score (nSPS) is 16.4. The van der Waals surface area contributed by atoms with Gasteiger partial charge >= 0.3 is 0 Å². The van der Waals surface area contributed by atoms with Gasteiger partial charge in [-0.15, -0.1) is 0 Å². The van der Waals surface area contributed by atoms with Crippen LogP contribution in [-0.4, -0.2) is 16.8 Å². The number of nitrogens with one attached hydrogen (secondary N) is 2. The molecule has 1 fully saturated rings. The fraction of sp³-hybridized carbons (Fsp3) is 0.368. The first-order chi connectivity index (χ1) is 12.0. The number of hydrogen-bond donors (Lipinski definition) is 3. The van der Waals surface area contributed by atoms with Crippen LogP contribution in [0.15, 0.2) is 36.5 Å². The highest BCUT2D eigenvalue weighted by Gasteiger charge is 2.27. The maximum Gasteiger partial charge on any atom is 0.265 e. The molecule has 1 unspecified atom stereocenters. The molecule has 0 saturated heterocycles. The van der Waals surface area contributed by atoms with Crippen LogP contribution in [0.5, 0.6) is 0 Å². The Bertz CT molecular complexity index is 766. The van der Waals surface area contributed by atoms with E-state index in [1.54, 1.807) is 0 Å². The van der Waals surface area contributed by atoms with E-state index >= 15 is 0 Å². The number of halogens is 1. The highest BCUT2D eigenvalue weighted by Crippen LogP contribution is 2.35. The molecule has 0 aliphatic heterocycles. The highest BCUT2D eigenvalue weighted by molar-refractivity contribution is 6.30. The average molecular weight is 360 g/mol. The van der Waals surface area contributed by atoms with E-state index in [1.165, 1.54) is 31.5 Å². The quantitative estimate of drug-likeness (QED) is 0.757. The summed E-state index contributed by atoms with van der Waals surface area (Å²) in [5, 5.41) is 3.79. The Hall–Kier alpha value is -2.27. The van der Waals surface area contributed by atoms with Gasteiger partial charge in [0.1, 0.15) is 5.69 Å². The minimum Gasteiger partial charge on any atom is -0.364 e. The molecule has 0 spiro atoms. The molecular formula is C19H22ClN3O2. The summed E-state index contributed by atoms with van der Waals surface area (Å²) in [6.45, 7) is 0. The number of aromatic nitrogens is 1. The number of rotatable bonds is 5. The molecule has 0 radical (unpaired) electrons. The molecule has 2 amide bonds. The molecule has 1 aromatic heterocycles. The molecule has 1 atom stereocenters. The zero-order chi connectivity index (χ0) is 17.8. The summed E-state index contributed by atoms with van der Waals surface area (Å²) in [5.41, 5.74) is 6.87. The van der Waals surface area contributed by atoms with Gasteiger partial charge in [-0.25, -0.2) is 0 Å². The Morgan fingerprint density at radius 1 is 1.20 bits per heavy atom. The summed E-state index contributed by atoms with van der Waals surface area (Å²) in [6, 6.07) is 9.02. The Morgan fingerprint density at radius 2 is 1.96 bits per heavy atom. The van der Waals surface area contributed by atoms with E-state index in [4.69, 9.17) is 17.3 Å². The van der Waals surface area contributed by atoms with Crippen LogP contribution in [0.25, 0.3) is 0 Å². The van der Waals surface area contributed by atoms with Gasteiger partial charge in [0.05, 0.1) is 11.6 Å². The monoisotopic (exact) mass is 359 g/mol. The van der Waals surface area contributed by atoms with Crippen molar-refractivity contribution in [1.29, 1.82) is 0 Å². The predicted octanol–water partition coefficient (Wildman–Crippen LogP) is 3.82. The predicted molar refractivity (Wildman–Crippen MR) is 97.5 cm³/mol. The number of carbonyl (C=O) groups is 2. The highest BCUT2D eigenvalue weighted by atomic mass is 35.5. The number of aromatic amines is 1. The zero-order valence-electron chi connectivity index (χ0n) is 13.9. The number of H-pyrrole nitrogens is 1. The first-order valence-electron chi connectivity index (χ1n) is 8.59. The summed E-state index contributed by atoms with van der Waals surface area (Å²) < 4.78 is 0. The fourth-order valence-corrected chi connectivity index (χ4v) is 3.73. The molecule has 25 heavy (non-hydrogen) atoms. The van der Waals surface area contributed by atoms with Gasteiger partial charge < -0.3 is 16.0 Å². The van der Waals surface area contributed by atoms with Crippen LogP contribution >= 0.6 is 11.6 Å². The Balaban J connectivity index is 1.83. The third-order valence-corrected chi connectivity index (χ3v) is 5.06. The van der Waals surface area contributed by atoms with Crippen LogP contribution in [-0.2, 0) is 0 Å². The summed E-state index contributed by atoms with van der Waals surface area (Å²) >= 11 is 6.15. The second-order valence-corrected chi connectivity index (χ2v) is 7.01. The molecule has 0 bridgehead atoms. The van der Waals surface area contributed by atoms with Crippen LogP contribution in [0.3, 0.4) is 0 Å². The second-order valence-electron chi connectivity index (χ2n) is 6.57. The maximum absolute atomic E-state index is 12.7. The molecule has 1 aliphatic carbocycles. The Labute approximate surface area is 151 Å². The number of nitrogens with two attached hydrogens (primary N) is 1. The van der Waals surface area contributed by atoms with Crippen molar-refractivity contribution in [3.8, 4) is 0 Å². The molecule has 1 aromatic carbocycles. The van der Waals surface area contributed by atoms with E-state index in [0.29, 0.717) is 16.5 Å². The molecule has 5 nitrogen and oxygen atoms in total. The lowest BCUT2D eigenvalue weighted by molar-refractivity contribution is 0.0912. The number of benzene rings is 1. The average Bonchev–Trinajstić information content (AvgIpc) is 3.11.